The molecule has 1 amide bonds. The summed E-state index contributed by atoms with van der Waals surface area (Å²) < 4.78 is 35.0. The van der Waals surface area contributed by atoms with E-state index in [-0.39, 0.29) is 10.7 Å². The lowest BCUT2D eigenvalue weighted by Gasteiger charge is -2.10. The van der Waals surface area contributed by atoms with Crippen molar-refractivity contribution in [2.24, 2.45) is 0 Å². The van der Waals surface area contributed by atoms with E-state index < -0.39 is 28.5 Å². The lowest BCUT2D eigenvalue weighted by Crippen LogP contribution is -2.21. The SMILES string of the molecule is Cc1cc(OCC(=O)O)ccc1NC(=O)c1coc(S(=O)(=O)N(C)C)c1. The molecular formula is C16H18N2O7S. The molecule has 140 valence electrons. The molecule has 1 heterocycles. The molecule has 0 fully saturated rings. The number of anilines is 1. The van der Waals surface area contributed by atoms with Gasteiger partial charge in [0, 0.05) is 25.8 Å². The molecule has 0 spiro atoms. The lowest BCUT2D eigenvalue weighted by molar-refractivity contribution is -0.139. The highest BCUT2D eigenvalue weighted by atomic mass is 32.2. The van der Waals surface area contributed by atoms with Crippen LogP contribution < -0.4 is 10.1 Å². The van der Waals surface area contributed by atoms with Crippen molar-refractivity contribution < 1.29 is 32.3 Å². The largest absolute Gasteiger partial charge is 0.482 e. The Morgan fingerprint density at radius 1 is 1.27 bits per heavy atom. The Hall–Kier alpha value is -2.85. The molecule has 9 nitrogen and oxygen atoms in total. The van der Waals surface area contributed by atoms with Crippen molar-refractivity contribution in [1.82, 2.24) is 4.31 Å². The summed E-state index contributed by atoms with van der Waals surface area (Å²) in [6, 6.07) is 5.80. The molecule has 2 aromatic rings. The number of nitrogens with zero attached hydrogens (tertiary/aromatic N) is 1. The van der Waals surface area contributed by atoms with Crippen molar-refractivity contribution in [2.45, 2.75) is 12.0 Å². The van der Waals surface area contributed by atoms with Gasteiger partial charge in [-0.3, -0.25) is 4.79 Å². The highest BCUT2D eigenvalue weighted by molar-refractivity contribution is 7.88. The van der Waals surface area contributed by atoms with E-state index >= 15 is 0 Å². The second-order valence-electron chi connectivity index (χ2n) is 5.56. The number of rotatable bonds is 7. The van der Waals surface area contributed by atoms with E-state index in [9.17, 15) is 18.0 Å². The Kier molecular flexibility index (Phi) is 5.68. The number of aryl methyl sites for hydroxylation is 1. The van der Waals surface area contributed by atoms with Gasteiger partial charge in [0.2, 0.25) is 5.09 Å². The molecule has 26 heavy (non-hydrogen) atoms. The number of carboxylic acid groups (broad SMARTS) is 1. The van der Waals surface area contributed by atoms with E-state index in [1.54, 1.807) is 19.1 Å². The fourth-order valence-corrected chi connectivity index (χ4v) is 2.76. The summed E-state index contributed by atoms with van der Waals surface area (Å²) in [7, 11) is -1.06. The molecule has 0 radical (unpaired) electrons. The van der Waals surface area contributed by atoms with Crippen LogP contribution in [0, 0.1) is 6.92 Å². The number of furan rings is 1. The minimum Gasteiger partial charge on any atom is -0.482 e. The van der Waals surface area contributed by atoms with E-state index in [2.05, 4.69) is 5.32 Å². The molecule has 0 bridgehead atoms. The number of amides is 1. The highest BCUT2D eigenvalue weighted by Crippen LogP contribution is 2.23. The number of hydrogen-bond acceptors (Lipinski definition) is 6. The van der Waals surface area contributed by atoms with E-state index in [0.29, 0.717) is 17.0 Å². The Bertz CT molecular complexity index is 932. The average Bonchev–Trinajstić information content (AvgIpc) is 3.05. The number of aliphatic carboxylic acids is 1. The van der Waals surface area contributed by atoms with Crippen LogP contribution in [0.25, 0.3) is 0 Å². The predicted molar refractivity (Wildman–Crippen MR) is 91.8 cm³/mol. The summed E-state index contributed by atoms with van der Waals surface area (Å²) in [5, 5.41) is 10.9. The van der Waals surface area contributed by atoms with Crippen LogP contribution in [0.5, 0.6) is 5.75 Å². The number of carbonyl (C=O) groups is 2. The third kappa shape index (κ3) is 4.41. The lowest BCUT2D eigenvalue weighted by atomic mass is 10.2. The quantitative estimate of drug-likeness (QED) is 0.744. The number of benzene rings is 1. The molecule has 0 aliphatic rings. The molecule has 1 aromatic heterocycles. The van der Waals surface area contributed by atoms with Gasteiger partial charge >= 0.3 is 5.97 Å². The normalized spacial score (nSPS) is 11.4. The Morgan fingerprint density at radius 3 is 2.54 bits per heavy atom. The van der Waals surface area contributed by atoms with Gasteiger partial charge in [-0.15, -0.1) is 0 Å². The number of hydrogen-bond donors (Lipinski definition) is 2. The van der Waals surface area contributed by atoms with Crippen LogP contribution in [-0.2, 0) is 14.8 Å². The highest BCUT2D eigenvalue weighted by Gasteiger charge is 2.23. The Balaban J connectivity index is 2.13. The average molecular weight is 382 g/mol. The van der Waals surface area contributed by atoms with Crippen molar-refractivity contribution in [2.75, 3.05) is 26.0 Å². The van der Waals surface area contributed by atoms with Crippen molar-refractivity contribution in [3.05, 3.63) is 41.7 Å². The first kappa shape index (κ1) is 19.5. The molecule has 0 aliphatic carbocycles. The van der Waals surface area contributed by atoms with Gasteiger partial charge in [-0.25, -0.2) is 17.5 Å². The smallest absolute Gasteiger partial charge is 0.341 e. The zero-order chi connectivity index (χ0) is 19.5. The minimum atomic E-state index is -3.77. The van der Waals surface area contributed by atoms with Gasteiger partial charge in [0.05, 0.1) is 5.56 Å². The van der Waals surface area contributed by atoms with Gasteiger partial charge in [0.25, 0.3) is 15.9 Å². The predicted octanol–water partition coefficient (Wildman–Crippen LogP) is 1.55. The third-order valence-corrected chi connectivity index (χ3v) is 5.06. The summed E-state index contributed by atoms with van der Waals surface area (Å²) in [6.45, 7) is 1.24. The van der Waals surface area contributed by atoms with Crippen LogP contribution in [0.1, 0.15) is 15.9 Å². The summed E-state index contributed by atoms with van der Waals surface area (Å²) in [6.07, 6.45) is 1.06. The van der Waals surface area contributed by atoms with Gasteiger partial charge < -0.3 is 19.6 Å². The number of nitrogens with one attached hydrogen (secondary N) is 1. The number of sulfonamides is 1. The van der Waals surface area contributed by atoms with Crippen LogP contribution in [0.2, 0.25) is 0 Å². The second-order valence-corrected chi connectivity index (χ2v) is 7.64. The fraction of sp³-hybridized carbons (Fsp3) is 0.250. The van der Waals surface area contributed by atoms with Crippen LogP contribution in [-0.4, -0.2) is 50.4 Å². The van der Waals surface area contributed by atoms with Crippen LogP contribution in [0.3, 0.4) is 0 Å². The molecule has 0 saturated carbocycles. The van der Waals surface area contributed by atoms with Crippen molar-refractivity contribution in [3.8, 4) is 5.75 Å². The third-order valence-electron chi connectivity index (χ3n) is 3.38. The summed E-state index contributed by atoms with van der Waals surface area (Å²) in [5.74, 6) is -1.29. The van der Waals surface area contributed by atoms with E-state index in [4.69, 9.17) is 14.3 Å². The molecule has 2 rings (SSSR count). The van der Waals surface area contributed by atoms with Gasteiger partial charge in [0.1, 0.15) is 12.0 Å². The monoisotopic (exact) mass is 382 g/mol. The number of carbonyl (C=O) groups excluding carboxylic acids is 1. The van der Waals surface area contributed by atoms with E-state index in [1.165, 1.54) is 20.2 Å². The Morgan fingerprint density at radius 2 is 1.96 bits per heavy atom. The number of carboxylic acids is 1. The maximum Gasteiger partial charge on any atom is 0.341 e. The van der Waals surface area contributed by atoms with Crippen molar-refractivity contribution in [1.29, 1.82) is 0 Å². The molecule has 0 aliphatic heterocycles. The maximum absolute atomic E-state index is 12.3. The van der Waals surface area contributed by atoms with Gasteiger partial charge in [0.15, 0.2) is 6.61 Å². The van der Waals surface area contributed by atoms with Crippen molar-refractivity contribution >= 4 is 27.6 Å². The molecule has 1 aromatic carbocycles. The van der Waals surface area contributed by atoms with Gasteiger partial charge in [-0.1, -0.05) is 0 Å². The first-order chi connectivity index (χ1) is 12.1. The van der Waals surface area contributed by atoms with Gasteiger partial charge in [-0.2, -0.15) is 0 Å². The zero-order valence-electron chi connectivity index (χ0n) is 14.3. The Labute approximate surface area is 150 Å². The molecule has 0 atom stereocenters. The van der Waals surface area contributed by atoms with Gasteiger partial charge in [-0.05, 0) is 30.7 Å². The van der Waals surface area contributed by atoms with Crippen LogP contribution in [0.15, 0.2) is 40.0 Å². The number of ether oxygens (including phenoxy) is 1. The molecule has 0 saturated heterocycles. The zero-order valence-corrected chi connectivity index (χ0v) is 15.2. The standard InChI is InChI=1S/C16H18N2O7S/c1-10-6-12(24-9-14(19)20)4-5-13(10)17-16(21)11-7-15(25-8-11)26(22,23)18(2)3/h4-8H,9H2,1-3H3,(H,17,21)(H,19,20). The van der Waals surface area contributed by atoms with Crippen LogP contribution in [0.4, 0.5) is 5.69 Å². The van der Waals surface area contributed by atoms with Crippen molar-refractivity contribution in [3.63, 3.8) is 0 Å². The molecular weight excluding hydrogens is 364 g/mol. The van der Waals surface area contributed by atoms with E-state index in [0.717, 1.165) is 16.6 Å². The topological polar surface area (TPSA) is 126 Å². The summed E-state index contributed by atoms with van der Waals surface area (Å²) in [4.78, 5) is 22.8. The maximum atomic E-state index is 12.3. The fourth-order valence-electron chi connectivity index (χ4n) is 1.96. The molecule has 10 heteroatoms. The first-order valence-corrected chi connectivity index (χ1v) is 8.83. The van der Waals surface area contributed by atoms with Crippen LogP contribution >= 0.6 is 0 Å². The minimum absolute atomic E-state index is 0.0519. The van der Waals surface area contributed by atoms with E-state index in [1.807, 2.05) is 0 Å². The molecule has 0 unspecified atom stereocenters. The first-order valence-electron chi connectivity index (χ1n) is 7.39. The summed E-state index contributed by atoms with van der Waals surface area (Å²) >= 11 is 0. The molecule has 2 N–H and O–H groups in total. The second kappa shape index (κ2) is 7.58. The summed E-state index contributed by atoms with van der Waals surface area (Å²) in [5.41, 5.74) is 1.16.